The number of ether oxygens (including phenoxy) is 1. The Labute approximate surface area is 139 Å². The lowest BCUT2D eigenvalue weighted by atomic mass is 10.0. The summed E-state index contributed by atoms with van der Waals surface area (Å²) in [5.74, 6) is -1.12. The van der Waals surface area contributed by atoms with Gasteiger partial charge < -0.3 is 10.1 Å². The van der Waals surface area contributed by atoms with Crippen LogP contribution in [0.15, 0.2) is 54.6 Å². The molecule has 3 amide bonds. The maximum Gasteiger partial charge on any atom is 0.338 e. The first-order valence-corrected chi connectivity index (χ1v) is 7.56. The Morgan fingerprint density at radius 2 is 1.67 bits per heavy atom. The van der Waals surface area contributed by atoms with E-state index in [0.717, 1.165) is 16.0 Å². The summed E-state index contributed by atoms with van der Waals surface area (Å²) in [6, 6.07) is 16.3. The first-order valence-electron chi connectivity index (χ1n) is 7.56. The lowest BCUT2D eigenvalue weighted by Gasteiger charge is -2.12. The van der Waals surface area contributed by atoms with E-state index in [1.807, 2.05) is 42.5 Å². The third-order valence-corrected chi connectivity index (χ3v) is 3.71. The van der Waals surface area contributed by atoms with Crippen LogP contribution >= 0.6 is 0 Å². The Bertz CT molecular complexity index is 756. The van der Waals surface area contributed by atoms with E-state index in [1.54, 1.807) is 12.1 Å². The summed E-state index contributed by atoms with van der Waals surface area (Å²) in [4.78, 5) is 36.2. The zero-order valence-electron chi connectivity index (χ0n) is 12.9. The maximum atomic E-state index is 12.0. The van der Waals surface area contributed by atoms with E-state index in [1.165, 1.54) is 0 Å². The smallest absolute Gasteiger partial charge is 0.338 e. The number of carbonyl (C=O) groups excluding carboxylic acids is 3. The number of carbonyl (C=O) groups is 3. The van der Waals surface area contributed by atoms with Crippen molar-refractivity contribution in [2.45, 2.75) is 0 Å². The van der Waals surface area contributed by atoms with Crippen LogP contribution in [0, 0.1) is 0 Å². The quantitative estimate of drug-likeness (QED) is 0.874. The van der Waals surface area contributed by atoms with Crippen LogP contribution in [0.2, 0.25) is 0 Å². The molecule has 0 aromatic heterocycles. The molecule has 1 N–H and O–H groups in total. The van der Waals surface area contributed by atoms with Crippen molar-refractivity contribution in [3.8, 4) is 11.1 Å². The standard InChI is InChI=1S/C18H16N2O4/c21-16(20-11-10-19-18(20)23)12-24-17(22)15-8-6-14(7-9-15)13-4-2-1-3-5-13/h1-9H,10-12H2,(H,19,23). The first-order chi connectivity index (χ1) is 11.6. The highest BCUT2D eigenvalue weighted by Crippen LogP contribution is 2.19. The fourth-order valence-electron chi connectivity index (χ4n) is 2.43. The second kappa shape index (κ2) is 6.95. The molecule has 6 nitrogen and oxygen atoms in total. The predicted octanol–water partition coefficient (Wildman–Crippen LogP) is 2.06. The average Bonchev–Trinajstić information content (AvgIpc) is 3.06. The summed E-state index contributed by atoms with van der Waals surface area (Å²) in [5.41, 5.74) is 2.39. The monoisotopic (exact) mass is 324 g/mol. The van der Waals surface area contributed by atoms with Gasteiger partial charge in [0.05, 0.1) is 5.56 Å². The molecule has 1 heterocycles. The molecule has 0 spiro atoms. The van der Waals surface area contributed by atoms with Crippen LogP contribution in [0.5, 0.6) is 0 Å². The number of nitrogens with one attached hydrogen (secondary N) is 1. The number of esters is 1. The minimum absolute atomic E-state index is 0.293. The number of rotatable bonds is 4. The molecule has 1 saturated heterocycles. The van der Waals surface area contributed by atoms with Gasteiger partial charge in [0, 0.05) is 13.1 Å². The minimum atomic E-state index is -0.595. The van der Waals surface area contributed by atoms with E-state index in [2.05, 4.69) is 5.32 Å². The van der Waals surface area contributed by atoms with Crippen LogP contribution in [0.1, 0.15) is 10.4 Å². The molecule has 24 heavy (non-hydrogen) atoms. The van der Waals surface area contributed by atoms with E-state index in [0.29, 0.717) is 18.7 Å². The third kappa shape index (κ3) is 3.43. The van der Waals surface area contributed by atoms with Gasteiger partial charge in [-0.25, -0.2) is 9.59 Å². The van der Waals surface area contributed by atoms with Crippen LogP contribution < -0.4 is 5.32 Å². The summed E-state index contributed by atoms with van der Waals surface area (Å²) in [6.07, 6.45) is 0. The fourth-order valence-corrected chi connectivity index (χ4v) is 2.43. The molecular formula is C18H16N2O4. The molecular weight excluding hydrogens is 308 g/mol. The lowest BCUT2D eigenvalue weighted by Crippen LogP contribution is -2.37. The third-order valence-electron chi connectivity index (χ3n) is 3.71. The minimum Gasteiger partial charge on any atom is -0.452 e. The summed E-state index contributed by atoms with van der Waals surface area (Å²) in [5, 5.41) is 2.52. The molecule has 6 heteroatoms. The number of imide groups is 1. The fraction of sp³-hybridized carbons (Fsp3) is 0.167. The van der Waals surface area contributed by atoms with Gasteiger partial charge in [-0.2, -0.15) is 0 Å². The molecule has 0 bridgehead atoms. The van der Waals surface area contributed by atoms with Crippen LogP contribution in [0.4, 0.5) is 4.79 Å². The molecule has 122 valence electrons. The summed E-state index contributed by atoms with van der Waals surface area (Å²) in [6.45, 7) is 0.257. The van der Waals surface area contributed by atoms with Crippen molar-refractivity contribution in [3.63, 3.8) is 0 Å². The van der Waals surface area contributed by atoms with E-state index in [-0.39, 0.29) is 0 Å². The Hall–Kier alpha value is -3.15. The number of nitrogens with zero attached hydrogens (tertiary/aromatic N) is 1. The summed E-state index contributed by atoms with van der Waals surface area (Å²) >= 11 is 0. The lowest BCUT2D eigenvalue weighted by molar-refractivity contribution is -0.130. The average molecular weight is 324 g/mol. The van der Waals surface area contributed by atoms with Crippen molar-refractivity contribution < 1.29 is 19.1 Å². The molecule has 3 rings (SSSR count). The molecule has 2 aromatic rings. The van der Waals surface area contributed by atoms with E-state index < -0.39 is 24.5 Å². The topological polar surface area (TPSA) is 75.7 Å². The molecule has 0 atom stereocenters. The number of amides is 3. The molecule has 0 aliphatic carbocycles. The van der Waals surface area contributed by atoms with Crippen molar-refractivity contribution in [1.29, 1.82) is 0 Å². The summed E-state index contributed by atoms with van der Waals surface area (Å²) < 4.78 is 4.99. The van der Waals surface area contributed by atoms with Crippen LogP contribution in [-0.2, 0) is 9.53 Å². The molecule has 1 fully saturated rings. The van der Waals surface area contributed by atoms with Gasteiger partial charge in [0.1, 0.15) is 0 Å². The van der Waals surface area contributed by atoms with Gasteiger partial charge in [-0.1, -0.05) is 42.5 Å². The number of benzene rings is 2. The largest absolute Gasteiger partial charge is 0.452 e. The first kappa shape index (κ1) is 15.7. The van der Waals surface area contributed by atoms with Crippen molar-refractivity contribution in [2.75, 3.05) is 19.7 Å². The zero-order valence-corrected chi connectivity index (χ0v) is 12.9. The molecule has 1 aliphatic rings. The van der Waals surface area contributed by atoms with Crippen LogP contribution in [-0.4, -0.2) is 42.5 Å². The highest BCUT2D eigenvalue weighted by Gasteiger charge is 2.26. The molecule has 0 saturated carbocycles. The van der Waals surface area contributed by atoms with E-state index in [4.69, 9.17) is 4.74 Å². The maximum absolute atomic E-state index is 12.0. The van der Waals surface area contributed by atoms with Gasteiger partial charge in [-0.05, 0) is 23.3 Å². The highest BCUT2D eigenvalue weighted by atomic mass is 16.5. The Balaban J connectivity index is 1.59. The van der Waals surface area contributed by atoms with Gasteiger partial charge in [-0.3, -0.25) is 9.69 Å². The van der Waals surface area contributed by atoms with Crippen molar-refractivity contribution in [3.05, 3.63) is 60.2 Å². The summed E-state index contributed by atoms with van der Waals surface area (Å²) in [7, 11) is 0. The van der Waals surface area contributed by atoms with Gasteiger partial charge in [0.25, 0.3) is 5.91 Å². The number of hydrogen-bond acceptors (Lipinski definition) is 4. The van der Waals surface area contributed by atoms with Crippen LogP contribution in [0.25, 0.3) is 11.1 Å². The second-order valence-electron chi connectivity index (χ2n) is 5.30. The second-order valence-corrected chi connectivity index (χ2v) is 5.30. The Morgan fingerprint density at radius 3 is 2.29 bits per heavy atom. The van der Waals surface area contributed by atoms with Gasteiger partial charge in [0.2, 0.25) is 0 Å². The van der Waals surface area contributed by atoms with Crippen LogP contribution in [0.3, 0.4) is 0 Å². The Kier molecular flexibility index (Phi) is 4.56. The van der Waals surface area contributed by atoms with Crippen molar-refractivity contribution in [1.82, 2.24) is 10.2 Å². The molecule has 1 aliphatic heterocycles. The normalized spacial score (nSPS) is 13.5. The zero-order chi connectivity index (χ0) is 16.9. The van der Waals surface area contributed by atoms with Gasteiger partial charge >= 0.3 is 12.0 Å². The SMILES string of the molecule is O=C(OCC(=O)N1CCNC1=O)c1ccc(-c2ccccc2)cc1. The highest BCUT2D eigenvalue weighted by molar-refractivity contribution is 5.98. The van der Waals surface area contributed by atoms with Crippen molar-refractivity contribution >= 4 is 17.9 Å². The number of hydrogen-bond donors (Lipinski definition) is 1. The van der Waals surface area contributed by atoms with Gasteiger partial charge in [-0.15, -0.1) is 0 Å². The molecule has 0 radical (unpaired) electrons. The van der Waals surface area contributed by atoms with Crippen molar-refractivity contribution in [2.24, 2.45) is 0 Å². The van der Waals surface area contributed by atoms with E-state index >= 15 is 0 Å². The predicted molar refractivity (Wildman–Crippen MR) is 87.3 cm³/mol. The Morgan fingerprint density at radius 1 is 1.00 bits per heavy atom. The number of urea groups is 1. The molecule has 0 unspecified atom stereocenters. The van der Waals surface area contributed by atoms with Gasteiger partial charge in [0.15, 0.2) is 6.61 Å². The van der Waals surface area contributed by atoms with E-state index in [9.17, 15) is 14.4 Å². The molecule has 2 aromatic carbocycles.